The van der Waals surface area contributed by atoms with Gasteiger partial charge in [0.05, 0.1) is 11.1 Å². The minimum atomic E-state index is 0.575. The number of hydrogen-bond acceptors (Lipinski definition) is 3. The van der Waals surface area contributed by atoms with Crippen molar-refractivity contribution in [1.82, 2.24) is 9.38 Å². The van der Waals surface area contributed by atoms with Gasteiger partial charge in [-0.3, -0.25) is 9.20 Å². The van der Waals surface area contributed by atoms with E-state index in [1.807, 2.05) is 28.8 Å². The van der Waals surface area contributed by atoms with Crippen LogP contribution in [0.5, 0.6) is 0 Å². The van der Waals surface area contributed by atoms with Crippen LogP contribution < -0.4 is 5.32 Å². The molecule has 4 nitrogen and oxygen atoms in total. The van der Waals surface area contributed by atoms with E-state index < -0.39 is 0 Å². The van der Waals surface area contributed by atoms with Gasteiger partial charge in [-0.15, -0.1) is 0 Å². The Bertz CT molecular complexity index is 625. The van der Waals surface area contributed by atoms with E-state index >= 15 is 0 Å². The molecule has 0 radical (unpaired) electrons. The lowest BCUT2D eigenvalue weighted by Gasteiger charge is -1.93. The number of thiazole rings is 1. The first kappa shape index (κ1) is 10.0. The van der Waals surface area contributed by atoms with Crippen LogP contribution in [0.4, 0.5) is 5.82 Å². The van der Waals surface area contributed by atoms with E-state index in [0.29, 0.717) is 12.2 Å². The summed E-state index contributed by atoms with van der Waals surface area (Å²) in [4.78, 5) is 16.6. The lowest BCUT2D eigenvalue weighted by atomic mass is 10.2. The Labute approximate surface area is 102 Å². The Hall–Kier alpha value is -2.14. The zero-order valence-electron chi connectivity index (χ0n) is 8.83. The predicted octanol–water partition coefficient (Wildman–Crippen LogP) is 2.63. The second-order valence-corrected chi connectivity index (χ2v) is 4.55. The van der Waals surface area contributed by atoms with Crippen molar-refractivity contribution >= 4 is 28.5 Å². The van der Waals surface area contributed by atoms with Gasteiger partial charge in [-0.25, -0.2) is 4.98 Å². The minimum absolute atomic E-state index is 0.575. The maximum absolute atomic E-state index is 10.3. The van der Waals surface area contributed by atoms with Gasteiger partial charge in [0.2, 0.25) is 6.41 Å². The van der Waals surface area contributed by atoms with Gasteiger partial charge in [0.25, 0.3) is 0 Å². The Morgan fingerprint density at radius 3 is 2.76 bits per heavy atom. The molecule has 0 aliphatic rings. The lowest BCUT2D eigenvalue weighted by Crippen LogP contribution is -1.92. The molecule has 1 N–H and O–H groups in total. The Balaban J connectivity index is 2.03. The predicted molar refractivity (Wildman–Crippen MR) is 68.2 cm³/mol. The van der Waals surface area contributed by atoms with Crippen molar-refractivity contribution in [2.45, 2.75) is 0 Å². The van der Waals surface area contributed by atoms with Gasteiger partial charge in [-0.2, -0.15) is 0 Å². The summed E-state index contributed by atoms with van der Waals surface area (Å²) in [7, 11) is 0. The maximum Gasteiger partial charge on any atom is 0.212 e. The summed E-state index contributed by atoms with van der Waals surface area (Å²) in [5.74, 6) is 0.575. The van der Waals surface area contributed by atoms with Crippen molar-refractivity contribution in [2.75, 3.05) is 5.32 Å². The first-order chi connectivity index (χ1) is 8.36. The van der Waals surface area contributed by atoms with Crippen LogP contribution in [0.2, 0.25) is 0 Å². The molecular formula is C12H9N3OS. The number of aromatic nitrogens is 2. The third-order valence-corrected chi connectivity index (χ3v) is 3.47. The Kier molecular flexibility index (Phi) is 2.38. The number of hydrogen-bond donors (Lipinski definition) is 1. The smallest absolute Gasteiger partial charge is 0.212 e. The van der Waals surface area contributed by atoms with Crippen LogP contribution in [0.3, 0.4) is 0 Å². The van der Waals surface area contributed by atoms with Gasteiger partial charge < -0.3 is 5.32 Å². The zero-order chi connectivity index (χ0) is 11.7. The van der Waals surface area contributed by atoms with Gasteiger partial charge in [0.1, 0.15) is 0 Å². The molecule has 1 aromatic carbocycles. The van der Waals surface area contributed by atoms with Gasteiger partial charge >= 0.3 is 0 Å². The second-order valence-electron chi connectivity index (χ2n) is 3.54. The van der Waals surface area contributed by atoms with E-state index in [4.69, 9.17) is 0 Å². The number of amides is 1. The highest BCUT2D eigenvalue weighted by Crippen LogP contribution is 2.28. The van der Waals surface area contributed by atoms with E-state index in [1.165, 1.54) is 5.56 Å². The molecule has 3 aromatic rings. The first-order valence-corrected chi connectivity index (χ1v) is 5.92. The van der Waals surface area contributed by atoms with Crippen LogP contribution >= 0.6 is 11.3 Å². The molecule has 17 heavy (non-hydrogen) atoms. The molecule has 84 valence electrons. The highest BCUT2D eigenvalue weighted by molar-refractivity contribution is 7.20. The van der Waals surface area contributed by atoms with Crippen LogP contribution in [0.25, 0.3) is 15.4 Å². The van der Waals surface area contributed by atoms with Gasteiger partial charge in [-0.1, -0.05) is 41.7 Å². The van der Waals surface area contributed by atoms with Crippen molar-refractivity contribution in [3.8, 4) is 10.4 Å². The third-order valence-electron chi connectivity index (χ3n) is 2.42. The number of carbonyl (C=O) groups is 1. The van der Waals surface area contributed by atoms with Crippen LogP contribution in [0.1, 0.15) is 0 Å². The molecule has 0 atom stereocenters. The summed E-state index contributed by atoms with van der Waals surface area (Å²) in [6.07, 6.45) is 4.44. The van der Waals surface area contributed by atoms with Crippen molar-refractivity contribution in [3.05, 3.63) is 42.7 Å². The summed E-state index contributed by atoms with van der Waals surface area (Å²) in [6.45, 7) is 0. The summed E-state index contributed by atoms with van der Waals surface area (Å²) >= 11 is 1.59. The van der Waals surface area contributed by atoms with E-state index in [1.54, 1.807) is 17.5 Å². The van der Waals surface area contributed by atoms with E-state index in [9.17, 15) is 4.79 Å². The Morgan fingerprint density at radius 1 is 1.24 bits per heavy atom. The van der Waals surface area contributed by atoms with Gasteiger partial charge in [-0.05, 0) is 5.56 Å². The van der Waals surface area contributed by atoms with Crippen molar-refractivity contribution in [2.24, 2.45) is 0 Å². The molecule has 2 aromatic heterocycles. The number of nitrogens with one attached hydrogen (secondary N) is 1. The fourth-order valence-electron chi connectivity index (χ4n) is 1.66. The second kappa shape index (κ2) is 4.03. The first-order valence-electron chi connectivity index (χ1n) is 5.11. The molecule has 0 aliphatic heterocycles. The van der Waals surface area contributed by atoms with Crippen LogP contribution in [0, 0.1) is 0 Å². The molecule has 3 rings (SSSR count). The molecule has 0 unspecified atom stereocenters. The number of carbonyl (C=O) groups excluding carboxylic acids is 1. The average Bonchev–Trinajstić information content (AvgIpc) is 2.88. The monoisotopic (exact) mass is 243 g/mol. The minimum Gasteiger partial charge on any atom is -0.312 e. The molecule has 0 fully saturated rings. The third kappa shape index (κ3) is 1.81. The largest absolute Gasteiger partial charge is 0.312 e. The van der Waals surface area contributed by atoms with E-state index in [0.717, 1.165) is 9.84 Å². The van der Waals surface area contributed by atoms with Crippen molar-refractivity contribution in [1.29, 1.82) is 0 Å². The highest BCUT2D eigenvalue weighted by Gasteiger charge is 2.07. The molecule has 0 saturated carbocycles. The maximum atomic E-state index is 10.3. The van der Waals surface area contributed by atoms with E-state index in [2.05, 4.69) is 22.4 Å². The number of rotatable bonds is 3. The summed E-state index contributed by atoms with van der Waals surface area (Å²) < 4.78 is 1.92. The molecular weight excluding hydrogens is 234 g/mol. The number of fused-ring (bicyclic) bond motifs is 1. The quantitative estimate of drug-likeness (QED) is 0.719. The molecule has 0 spiro atoms. The molecule has 0 aliphatic carbocycles. The molecule has 0 bridgehead atoms. The van der Waals surface area contributed by atoms with Crippen LogP contribution in [0.15, 0.2) is 42.7 Å². The molecule has 0 saturated heterocycles. The zero-order valence-corrected chi connectivity index (χ0v) is 9.65. The Morgan fingerprint density at radius 2 is 2.06 bits per heavy atom. The van der Waals surface area contributed by atoms with Crippen molar-refractivity contribution < 1.29 is 4.79 Å². The van der Waals surface area contributed by atoms with Crippen LogP contribution in [-0.2, 0) is 4.79 Å². The molecule has 2 heterocycles. The van der Waals surface area contributed by atoms with Gasteiger partial charge in [0.15, 0.2) is 10.8 Å². The molecule has 5 heteroatoms. The standard InChI is InChI=1S/C12H9N3OS/c16-8-13-11-7-15-6-10(17-12(15)14-11)9-4-2-1-3-5-9/h1-8H,(H,13,16). The topological polar surface area (TPSA) is 46.4 Å². The SMILES string of the molecule is O=CNc1cn2cc(-c3ccccc3)sc2n1. The van der Waals surface area contributed by atoms with Gasteiger partial charge in [0, 0.05) is 6.20 Å². The number of anilines is 1. The average molecular weight is 243 g/mol. The fourth-order valence-corrected chi connectivity index (χ4v) is 2.63. The summed E-state index contributed by atoms with van der Waals surface area (Å²) in [5.41, 5.74) is 1.17. The summed E-state index contributed by atoms with van der Waals surface area (Å²) in [5, 5.41) is 2.54. The van der Waals surface area contributed by atoms with Crippen LogP contribution in [-0.4, -0.2) is 15.8 Å². The molecule has 1 amide bonds. The van der Waals surface area contributed by atoms with E-state index in [-0.39, 0.29) is 0 Å². The summed E-state index contributed by atoms with van der Waals surface area (Å²) in [6, 6.07) is 10.1. The number of imidazole rings is 1. The number of benzene rings is 1. The normalized spacial score (nSPS) is 10.6. The number of nitrogens with zero attached hydrogens (tertiary/aromatic N) is 2. The lowest BCUT2D eigenvalue weighted by molar-refractivity contribution is -0.105. The van der Waals surface area contributed by atoms with Crippen molar-refractivity contribution in [3.63, 3.8) is 0 Å². The fraction of sp³-hybridized carbons (Fsp3) is 0. The highest BCUT2D eigenvalue weighted by atomic mass is 32.1.